The normalized spacial score (nSPS) is 9.81. The van der Waals surface area contributed by atoms with E-state index in [1.807, 2.05) is 6.20 Å². The van der Waals surface area contributed by atoms with Gasteiger partial charge >= 0.3 is 6.15 Å². The third kappa shape index (κ3) is 4.24. The van der Waals surface area contributed by atoms with E-state index in [1.54, 1.807) is 0 Å². The summed E-state index contributed by atoms with van der Waals surface area (Å²) in [5.41, 5.74) is 4.70. The first-order valence-electron chi connectivity index (χ1n) is 6.30. The first-order valence-corrected chi connectivity index (χ1v) is 7.38. The van der Waals surface area contributed by atoms with Crippen molar-refractivity contribution in [3.63, 3.8) is 0 Å². The van der Waals surface area contributed by atoms with Crippen LogP contribution >= 0.6 is 22.6 Å². The molecular formula is C16H13IN2O2. The largest absolute Gasteiger partial charge is 0.373 e. The van der Waals surface area contributed by atoms with Gasteiger partial charge in [-0.05, 0) is 71.3 Å². The summed E-state index contributed by atoms with van der Waals surface area (Å²) in [6, 6.07) is 13.0. The van der Waals surface area contributed by atoms with E-state index in [2.05, 4.69) is 75.9 Å². The highest BCUT2D eigenvalue weighted by atomic mass is 127. The highest BCUT2D eigenvalue weighted by Crippen LogP contribution is 2.17. The fourth-order valence-corrected chi connectivity index (χ4v) is 2.49. The van der Waals surface area contributed by atoms with E-state index < -0.39 is 0 Å². The van der Waals surface area contributed by atoms with Gasteiger partial charge in [0.15, 0.2) is 0 Å². The molecule has 0 spiro atoms. The van der Waals surface area contributed by atoms with Gasteiger partial charge in [-0.1, -0.05) is 12.1 Å². The van der Waals surface area contributed by atoms with Gasteiger partial charge in [0.05, 0.1) is 0 Å². The minimum Gasteiger partial charge on any atom is -0.344 e. The number of hydrogen-bond donors (Lipinski definition) is 1. The fraction of sp³-hybridized carbons (Fsp3) is 0.125. The summed E-state index contributed by atoms with van der Waals surface area (Å²) in [4.78, 5) is 24.0. The molecule has 2 heterocycles. The highest BCUT2D eigenvalue weighted by Gasteiger charge is 2.02. The van der Waals surface area contributed by atoms with Crippen LogP contribution in [0.5, 0.6) is 0 Å². The first-order chi connectivity index (χ1) is 10.1. The zero-order valence-corrected chi connectivity index (χ0v) is 13.5. The number of rotatable bonds is 2. The lowest BCUT2D eigenvalue weighted by Crippen LogP contribution is -1.89. The van der Waals surface area contributed by atoms with Crippen LogP contribution in [0.25, 0.3) is 11.0 Å². The summed E-state index contributed by atoms with van der Waals surface area (Å²) in [5, 5.41) is 1.19. The van der Waals surface area contributed by atoms with Crippen molar-refractivity contribution in [2.45, 2.75) is 13.3 Å². The smallest absolute Gasteiger partial charge is 0.344 e. The average molecular weight is 392 g/mol. The second-order valence-corrected chi connectivity index (χ2v) is 5.87. The number of H-pyrrole nitrogens is 1. The van der Waals surface area contributed by atoms with Crippen LogP contribution in [0.3, 0.4) is 0 Å². The predicted molar refractivity (Wildman–Crippen MR) is 87.8 cm³/mol. The van der Waals surface area contributed by atoms with E-state index >= 15 is 0 Å². The fourth-order valence-electron chi connectivity index (χ4n) is 2.13. The van der Waals surface area contributed by atoms with Gasteiger partial charge in [0.2, 0.25) is 0 Å². The summed E-state index contributed by atoms with van der Waals surface area (Å²) in [6.45, 7) is 2.06. The van der Waals surface area contributed by atoms with Crippen molar-refractivity contribution >= 4 is 39.8 Å². The zero-order chi connectivity index (χ0) is 15.2. The molecule has 0 unspecified atom stereocenters. The number of benzene rings is 1. The van der Waals surface area contributed by atoms with E-state index in [4.69, 9.17) is 9.59 Å². The van der Waals surface area contributed by atoms with Gasteiger partial charge in [-0.15, -0.1) is 0 Å². The van der Waals surface area contributed by atoms with Crippen molar-refractivity contribution in [1.29, 1.82) is 0 Å². The van der Waals surface area contributed by atoms with E-state index in [-0.39, 0.29) is 6.15 Å². The molecule has 3 rings (SSSR count). The summed E-state index contributed by atoms with van der Waals surface area (Å²) in [7, 11) is 0. The molecule has 1 N–H and O–H groups in total. The molecule has 0 aliphatic carbocycles. The maximum atomic E-state index is 8.12. The number of aromatic nitrogens is 2. The Hall–Kier alpha value is -1.98. The highest BCUT2D eigenvalue weighted by molar-refractivity contribution is 14.1. The van der Waals surface area contributed by atoms with Crippen molar-refractivity contribution in [2.24, 2.45) is 0 Å². The van der Waals surface area contributed by atoms with Gasteiger partial charge in [-0.25, -0.2) is 4.98 Å². The van der Waals surface area contributed by atoms with Crippen LogP contribution in [0.1, 0.15) is 16.8 Å². The predicted octanol–water partition coefficient (Wildman–Crippen LogP) is 3.48. The van der Waals surface area contributed by atoms with Crippen molar-refractivity contribution in [1.82, 2.24) is 9.97 Å². The molecule has 1 aromatic carbocycles. The monoisotopic (exact) mass is 392 g/mol. The molecule has 0 bridgehead atoms. The van der Waals surface area contributed by atoms with Gasteiger partial charge in [0, 0.05) is 20.8 Å². The molecule has 0 atom stereocenters. The number of hydrogen-bond acceptors (Lipinski definition) is 3. The average Bonchev–Trinajstić information content (AvgIpc) is 2.82. The van der Waals surface area contributed by atoms with Crippen LogP contribution in [-0.4, -0.2) is 16.1 Å². The third-order valence-electron chi connectivity index (χ3n) is 2.98. The molecule has 0 amide bonds. The number of pyridine rings is 1. The Labute approximate surface area is 135 Å². The minimum absolute atomic E-state index is 0.250. The molecule has 21 heavy (non-hydrogen) atoms. The molecule has 106 valence electrons. The van der Waals surface area contributed by atoms with Gasteiger partial charge in [-0.3, -0.25) is 0 Å². The number of aromatic amines is 1. The lowest BCUT2D eigenvalue weighted by molar-refractivity contribution is -0.191. The van der Waals surface area contributed by atoms with Crippen molar-refractivity contribution < 1.29 is 9.59 Å². The first kappa shape index (κ1) is 15.4. The quantitative estimate of drug-likeness (QED) is 0.680. The summed E-state index contributed by atoms with van der Waals surface area (Å²) in [5.74, 6) is 0. The standard InChI is InChI=1S/C15H13IN2.CO2/c1-10-6-13-8-12(9-17-15(13)18-10)7-11-2-4-14(16)5-3-11;2-1-3/h2-6,8-9H,7H2,1H3,(H,17,18);. The van der Waals surface area contributed by atoms with Crippen molar-refractivity contribution in [2.75, 3.05) is 0 Å². The van der Waals surface area contributed by atoms with E-state index in [0.29, 0.717) is 0 Å². The number of aryl methyl sites for hydroxylation is 1. The molecule has 0 aliphatic heterocycles. The van der Waals surface area contributed by atoms with Crippen LogP contribution in [0.15, 0.2) is 42.6 Å². The molecule has 0 saturated carbocycles. The lowest BCUT2D eigenvalue weighted by atomic mass is 10.1. The Balaban J connectivity index is 0.000000497. The van der Waals surface area contributed by atoms with E-state index in [0.717, 1.165) is 17.8 Å². The summed E-state index contributed by atoms with van der Waals surface area (Å²) in [6.07, 6.45) is 3.14. The Morgan fingerprint density at radius 2 is 1.81 bits per heavy atom. The Morgan fingerprint density at radius 1 is 1.14 bits per heavy atom. The zero-order valence-electron chi connectivity index (χ0n) is 11.4. The molecule has 0 aliphatic rings. The van der Waals surface area contributed by atoms with Gasteiger partial charge in [0.25, 0.3) is 0 Å². The Bertz CT molecular complexity index is 773. The molecule has 0 saturated heterocycles. The molecule has 4 nitrogen and oxygen atoms in total. The van der Waals surface area contributed by atoms with Crippen LogP contribution < -0.4 is 0 Å². The molecular weight excluding hydrogens is 379 g/mol. The van der Waals surface area contributed by atoms with Crippen LogP contribution in [0.4, 0.5) is 0 Å². The maximum Gasteiger partial charge on any atom is 0.373 e. The topological polar surface area (TPSA) is 62.8 Å². The Morgan fingerprint density at radius 3 is 2.48 bits per heavy atom. The van der Waals surface area contributed by atoms with Gasteiger partial charge < -0.3 is 4.98 Å². The minimum atomic E-state index is 0.250. The molecule has 2 aromatic heterocycles. The van der Waals surface area contributed by atoms with E-state index in [9.17, 15) is 0 Å². The van der Waals surface area contributed by atoms with Crippen LogP contribution in [0, 0.1) is 10.5 Å². The van der Waals surface area contributed by atoms with E-state index in [1.165, 1.54) is 20.1 Å². The second kappa shape index (κ2) is 7.15. The second-order valence-electron chi connectivity index (χ2n) is 4.62. The summed E-state index contributed by atoms with van der Waals surface area (Å²) < 4.78 is 1.27. The SMILES string of the molecule is Cc1cc2cc(Cc3ccc(I)cc3)cnc2[nH]1.O=C=O. The Kier molecular flexibility index (Phi) is 5.25. The molecule has 0 radical (unpaired) electrons. The number of nitrogens with one attached hydrogen (secondary N) is 1. The maximum absolute atomic E-state index is 8.12. The molecule has 5 heteroatoms. The molecule has 3 aromatic rings. The summed E-state index contributed by atoms with van der Waals surface area (Å²) >= 11 is 2.33. The molecule has 0 fully saturated rings. The van der Waals surface area contributed by atoms with Gasteiger partial charge in [-0.2, -0.15) is 9.59 Å². The number of nitrogens with zero attached hydrogens (tertiary/aromatic N) is 1. The third-order valence-corrected chi connectivity index (χ3v) is 3.70. The van der Waals surface area contributed by atoms with Crippen molar-refractivity contribution in [3.05, 3.63) is 63.0 Å². The number of fused-ring (bicyclic) bond motifs is 1. The van der Waals surface area contributed by atoms with Crippen molar-refractivity contribution in [3.8, 4) is 0 Å². The number of carbonyl (C=O) groups excluding carboxylic acids is 2. The van der Waals surface area contributed by atoms with Crippen LogP contribution in [0.2, 0.25) is 0 Å². The number of halogens is 1. The van der Waals surface area contributed by atoms with Gasteiger partial charge in [0.1, 0.15) is 5.65 Å². The van der Waals surface area contributed by atoms with Crippen LogP contribution in [-0.2, 0) is 16.0 Å². The lowest BCUT2D eigenvalue weighted by Gasteiger charge is -2.02.